The lowest BCUT2D eigenvalue weighted by molar-refractivity contribution is 0.267. The maximum absolute atomic E-state index is 5.96. The molecule has 6 heteroatoms. The predicted octanol–water partition coefficient (Wildman–Crippen LogP) is 2.86. The zero-order chi connectivity index (χ0) is 14.4. The number of thiophene rings is 1. The van der Waals surface area contributed by atoms with Crippen LogP contribution in [0.1, 0.15) is 38.2 Å². The number of nitrogens with one attached hydrogen (secondary N) is 1. The van der Waals surface area contributed by atoms with Crippen molar-refractivity contribution < 1.29 is 0 Å². The van der Waals surface area contributed by atoms with Gasteiger partial charge in [0.05, 0.1) is 0 Å². The molecule has 0 radical (unpaired) electrons. The van der Waals surface area contributed by atoms with Gasteiger partial charge in [-0.25, -0.2) is 0 Å². The highest BCUT2D eigenvalue weighted by molar-refractivity contribution is 14.0. The molecule has 0 amide bonds. The van der Waals surface area contributed by atoms with E-state index in [1.54, 1.807) is 11.3 Å². The first kappa shape index (κ1) is 18.7. The van der Waals surface area contributed by atoms with Gasteiger partial charge in [-0.3, -0.25) is 9.89 Å². The van der Waals surface area contributed by atoms with Crippen LogP contribution in [0.3, 0.4) is 0 Å². The van der Waals surface area contributed by atoms with Crippen molar-refractivity contribution in [3.63, 3.8) is 0 Å². The Morgan fingerprint density at radius 2 is 2.43 bits per heavy atom. The maximum Gasteiger partial charge on any atom is 0.188 e. The molecule has 1 aromatic rings. The Hall–Kier alpha value is -0.340. The van der Waals surface area contributed by atoms with Crippen molar-refractivity contribution >= 4 is 41.3 Å². The zero-order valence-corrected chi connectivity index (χ0v) is 16.1. The number of rotatable bonds is 6. The van der Waals surface area contributed by atoms with Crippen LogP contribution in [0.5, 0.6) is 0 Å². The van der Waals surface area contributed by atoms with Gasteiger partial charge in [0.25, 0.3) is 0 Å². The molecular weight excluding hydrogens is 395 g/mol. The van der Waals surface area contributed by atoms with Crippen molar-refractivity contribution in [1.82, 2.24) is 10.2 Å². The van der Waals surface area contributed by atoms with Gasteiger partial charge in [-0.2, -0.15) is 11.3 Å². The maximum atomic E-state index is 5.96. The van der Waals surface area contributed by atoms with Crippen LogP contribution in [0.2, 0.25) is 0 Å². The Morgan fingerprint density at radius 3 is 3.10 bits per heavy atom. The van der Waals surface area contributed by atoms with Gasteiger partial charge in [-0.1, -0.05) is 13.8 Å². The third kappa shape index (κ3) is 5.75. The lowest BCUT2D eigenvalue weighted by Gasteiger charge is -2.23. The van der Waals surface area contributed by atoms with Gasteiger partial charge in [-0.15, -0.1) is 24.0 Å². The second-order valence-electron chi connectivity index (χ2n) is 5.49. The van der Waals surface area contributed by atoms with Gasteiger partial charge in [0, 0.05) is 25.0 Å². The van der Waals surface area contributed by atoms with E-state index in [1.165, 1.54) is 24.9 Å². The SMILES string of the molecule is CCN1CCCC1CNC(N)=NCC(C)c1ccsc1.I. The lowest BCUT2D eigenvalue weighted by atomic mass is 10.1. The molecule has 2 unspecified atom stereocenters. The van der Waals surface area contributed by atoms with E-state index < -0.39 is 0 Å². The first-order chi connectivity index (χ1) is 9.70. The van der Waals surface area contributed by atoms with Crippen molar-refractivity contribution in [3.05, 3.63) is 22.4 Å². The van der Waals surface area contributed by atoms with E-state index in [0.29, 0.717) is 17.9 Å². The number of nitrogens with zero attached hydrogens (tertiary/aromatic N) is 2. The summed E-state index contributed by atoms with van der Waals surface area (Å²) in [4.78, 5) is 6.97. The molecule has 3 N–H and O–H groups in total. The van der Waals surface area contributed by atoms with E-state index in [9.17, 15) is 0 Å². The number of aliphatic imine (C=N–C) groups is 1. The average Bonchev–Trinajstić information content (AvgIpc) is 3.12. The zero-order valence-electron chi connectivity index (χ0n) is 12.9. The van der Waals surface area contributed by atoms with Crippen molar-refractivity contribution in [2.75, 3.05) is 26.2 Å². The molecule has 2 rings (SSSR count). The molecule has 1 aliphatic rings. The van der Waals surface area contributed by atoms with Gasteiger partial charge in [0.2, 0.25) is 0 Å². The largest absolute Gasteiger partial charge is 0.370 e. The molecule has 4 nitrogen and oxygen atoms in total. The van der Waals surface area contributed by atoms with Gasteiger partial charge in [0.15, 0.2) is 5.96 Å². The molecule has 1 fully saturated rings. The number of guanidine groups is 1. The highest BCUT2D eigenvalue weighted by Crippen LogP contribution is 2.18. The van der Waals surface area contributed by atoms with Gasteiger partial charge < -0.3 is 11.1 Å². The number of likely N-dealkylation sites (tertiary alicyclic amines) is 1. The van der Waals surface area contributed by atoms with E-state index in [-0.39, 0.29) is 24.0 Å². The van der Waals surface area contributed by atoms with Gasteiger partial charge in [0.1, 0.15) is 0 Å². The van der Waals surface area contributed by atoms with Gasteiger partial charge in [-0.05, 0) is 48.3 Å². The third-order valence-electron chi connectivity index (χ3n) is 4.07. The molecular formula is C15H27IN4S. The molecule has 0 aliphatic carbocycles. The minimum atomic E-state index is 0. The summed E-state index contributed by atoms with van der Waals surface area (Å²) in [5.41, 5.74) is 7.31. The van der Waals surface area contributed by atoms with E-state index in [2.05, 4.69) is 45.9 Å². The fourth-order valence-corrected chi connectivity index (χ4v) is 3.50. The summed E-state index contributed by atoms with van der Waals surface area (Å²) in [6, 6.07) is 2.77. The van der Waals surface area contributed by atoms with Crippen molar-refractivity contribution in [3.8, 4) is 0 Å². The summed E-state index contributed by atoms with van der Waals surface area (Å²) >= 11 is 1.73. The van der Waals surface area contributed by atoms with Crippen LogP contribution in [0, 0.1) is 0 Å². The topological polar surface area (TPSA) is 53.6 Å². The van der Waals surface area contributed by atoms with Crippen molar-refractivity contribution in [1.29, 1.82) is 0 Å². The predicted molar refractivity (Wildman–Crippen MR) is 103 cm³/mol. The van der Waals surface area contributed by atoms with Crippen molar-refractivity contribution in [2.24, 2.45) is 10.7 Å². The molecule has 1 aliphatic heterocycles. The quantitative estimate of drug-likeness (QED) is 0.421. The molecule has 1 saturated heterocycles. The Morgan fingerprint density at radius 1 is 1.62 bits per heavy atom. The van der Waals surface area contributed by atoms with E-state index in [4.69, 9.17) is 5.73 Å². The molecule has 2 atom stereocenters. The smallest absolute Gasteiger partial charge is 0.188 e. The monoisotopic (exact) mass is 422 g/mol. The molecule has 0 spiro atoms. The normalized spacial score (nSPS) is 21.0. The standard InChI is InChI=1S/C15H26N4S.HI/c1-3-19-7-4-5-14(19)10-18-15(16)17-9-12(2)13-6-8-20-11-13;/h6,8,11-12,14H,3-5,7,9-10H2,1-2H3,(H3,16,17,18);1H. The van der Waals surface area contributed by atoms with Crippen LogP contribution in [0.15, 0.2) is 21.8 Å². The molecule has 21 heavy (non-hydrogen) atoms. The molecule has 2 heterocycles. The summed E-state index contributed by atoms with van der Waals surface area (Å²) in [5, 5.41) is 7.57. The Kier molecular flexibility index (Phi) is 8.58. The third-order valence-corrected chi connectivity index (χ3v) is 4.77. The number of hydrogen-bond donors (Lipinski definition) is 2. The minimum Gasteiger partial charge on any atom is -0.370 e. The molecule has 1 aromatic heterocycles. The summed E-state index contributed by atoms with van der Waals surface area (Å²) < 4.78 is 0. The lowest BCUT2D eigenvalue weighted by Crippen LogP contribution is -2.42. The van der Waals surface area contributed by atoms with E-state index in [0.717, 1.165) is 19.6 Å². The van der Waals surface area contributed by atoms with Crippen LogP contribution in [0.4, 0.5) is 0 Å². The van der Waals surface area contributed by atoms with Crippen LogP contribution in [-0.2, 0) is 0 Å². The second kappa shape index (κ2) is 9.63. The summed E-state index contributed by atoms with van der Waals surface area (Å²) in [6.07, 6.45) is 2.56. The number of halogens is 1. The van der Waals surface area contributed by atoms with Crippen molar-refractivity contribution in [2.45, 2.75) is 38.6 Å². The van der Waals surface area contributed by atoms with Gasteiger partial charge >= 0.3 is 0 Å². The first-order valence-electron chi connectivity index (χ1n) is 7.50. The summed E-state index contributed by atoms with van der Waals surface area (Å²) in [7, 11) is 0. The van der Waals surface area contributed by atoms with E-state index in [1.807, 2.05) is 0 Å². The van der Waals surface area contributed by atoms with Crippen LogP contribution < -0.4 is 11.1 Å². The highest BCUT2D eigenvalue weighted by Gasteiger charge is 2.22. The fraction of sp³-hybridized carbons (Fsp3) is 0.667. The molecule has 0 saturated carbocycles. The van der Waals surface area contributed by atoms with Crippen LogP contribution in [-0.4, -0.2) is 43.1 Å². The minimum absolute atomic E-state index is 0. The number of nitrogens with two attached hydrogens (primary N) is 1. The summed E-state index contributed by atoms with van der Waals surface area (Å²) in [5.74, 6) is 1.01. The Balaban J connectivity index is 0.00000220. The Labute approximate surface area is 149 Å². The fourth-order valence-electron chi connectivity index (χ4n) is 2.72. The summed E-state index contributed by atoms with van der Waals surface area (Å²) in [6.45, 7) is 8.41. The number of likely N-dealkylation sites (N-methyl/N-ethyl adjacent to an activating group) is 1. The number of hydrogen-bond acceptors (Lipinski definition) is 3. The highest BCUT2D eigenvalue weighted by atomic mass is 127. The Bertz CT molecular complexity index is 421. The first-order valence-corrected chi connectivity index (χ1v) is 8.45. The van der Waals surface area contributed by atoms with E-state index >= 15 is 0 Å². The van der Waals surface area contributed by atoms with Crippen LogP contribution >= 0.6 is 35.3 Å². The molecule has 120 valence electrons. The molecule has 0 bridgehead atoms. The molecule has 0 aromatic carbocycles. The second-order valence-corrected chi connectivity index (χ2v) is 6.27. The van der Waals surface area contributed by atoms with Crippen LogP contribution in [0.25, 0.3) is 0 Å². The average molecular weight is 422 g/mol.